The fraction of sp³-hybridized carbons (Fsp3) is 0.0833. The first kappa shape index (κ1) is 12.0. The summed E-state index contributed by atoms with van der Waals surface area (Å²) >= 11 is 6.10. The molecule has 3 N–H and O–H groups in total. The van der Waals surface area contributed by atoms with Gasteiger partial charge in [0.1, 0.15) is 22.4 Å². The Kier molecular flexibility index (Phi) is 2.51. The topological polar surface area (TPSA) is 111 Å². The van der Waals surface area contributed by atoms with Crippen LogP contribution in [-0.4, -0.2) is 35.4 Å². The predicted octanol–water partition coefficient (Wildman–Crippen LogP) is 1.38. The van der Waals surface area contributed by atoms with Gasteiger partial charge in [-0.3, -0.25) is 0 Å². The van der Waals surface area contributed by atoms with Crippen LogP contribution < -0.4 is 5.73 Å². The van der Waals surface area contributed by atoms with Crippen molar-refractivity contribution in [3.63, 3.8) is 0 Å². The Morgan fingerprint density at radius 1 is 1.24 bits per heavy atom. The van der Waals surface area contributed by atoms with Crippen molar-refractivity contribution in [2.45, 2.75) is 6.54 Å². The summed E-state index contributed by atoms with van der Waals surface area (Å²) in [6.45, 7) is 0.404. The molecule has 1 aromatic carbocycles. The highest BCUT2D eigenvalue weighted by Crippen LogP contribution is 2.21. The molecule has 0 saturated heterocycles. The van der Waals surface area contributed by atoms with Crippen LogP contribution in [0, 0.1) is 0 Å². The van der Waals surface area contributed by atoms with Gasteiger partial charge in [-0.25, -0.2) is 10.1 Å². The number of aromatic nitrogens is 7. The van der Waals surface area contributed by atoms with E-state index in [0.717, 1.165) is 11.1 Å². The van der Waals surface area contributed by atoms with Crippen LogP contribution in [0.5, 0.6) is 0 Å². The van der Waals surface area contributed by atoms with Crippen LogP contribution in [0.15, 0.2) is 24.3 Å². The summed E-state index contributed by atoms with van der Waals surface area (Å²) in [6, 6.07) is 7.21. The minimum absolute atomic E-state index is 0.387. The van der Waals surface area contributed by atoms with Crippen molar-refractivity contribution in [3.8, 4) is 0 Å². The molecule has 0 saturated carbocycles. The Morgan fingerprint density at radius 2 is 2.14 bits per heavy atom. The monoisotopic (exact) mass is 300 g/mol. The third-order valence-corrected chi connectivity index (χ3v) is 3.42. The molecule has 3 heterocycles. The summed E-state index contributed by atoms with van der Waals surface area (Å²) in [5.74, 6) is 0.387. The van der Waals surface area contributed by atoms with Crippen molar-refractivity contribution in [1.82, 2.24) is 35.4 Å². The van der Waals surface area contributed by atoms with E-state index in [1.165, 1.54) is 0 Å². The molecule has 0 aliphatic carbocycles. The molecule has 8 nitrogen and oxygen atoms in total. The lowest BCUT2D eigenvalue weighted by molar-refractivity contribution is 0.602. The number of nitrogen functional groups attached to an aromatic ring is 1. The average Bonchev–Trinajstić information content (AvgIpc) is 3.05. The first-order valence-electron chi connectivity index (χ1n) is 6.16. The van der Waals surface area contributed by atoms with Gasteiger partial charge in [-0.05, 0) is 18.2 Å². The summed E-state index contributed by atoms with van der Waals surface area (Å²) in [5.41, 5.74) is 9.21. The summed E-state index contributed by atoms with van der Waals surface area (Å²) in [6.07, 6.45) is 0. The van der Waals surface area contributed by atoms with Crippen LogP contribution >= 0.6 is 11.6 Å². The van der Waals surface area contributed by atoms with Crippen LogP contribution in [0.1, 0.15) is 5.56 Å². The standard InChI is InChI=1S/C12H9ClN8/c13-7-2-1-3-8-11(7)19-21(18-8)5-6-4-9(14)15-12-10(6)16-20-17-12/h1-4H,5H2,(H3,14,15,16,17,20). The van der Waals surface area contributed by atoms with E-state index in [9.17, 15) is 0 Å². The van der Waals surface area contributed by atoms with E-state index >= 15 is 0 Å². The predicted molar refractivity (Wildman–Crippen MR) is 77.7 cm³/mol. The lowest BCUT2D eigenvalue weighted by Gasteiger charge is -2.02. The molecule has 0 bridgehead atoms. The number of nitrogens with one attached hydrogen (secondary N) is 1. The smallest absolute Gasteiger partial charge is 0.178 e. The molecule has 0 amide bonds. The summed E-state index contributed by atoms with van der Waals surface area (Å²) in [5, 5.41) is 19.8. The van der Waals surface area contributed by atoms with Crippen LogP contribution in [0.25, 0.3) is 22.2 Å². The maximum absolute atomic E-state index is 6.10. The first-order valence-corrected chi connectivity index (χ1v) is 6.54. The molecule has 0 unspecified atom stereocenters. The first-order chi connectivity index (χ1) is 10.2. The molecule has 21 heavy (non-hydrogen) atoms. The normalized spacial score (nSPS) is 11.5. The summed E-state index contributed by atoms with van der Waals surface area (Å²) in [7, 11) is 0. The number of fused-ring (bicyclic) bond motifs is 2. The number of nitrogens with zero attached hydrogens (tertiary/aromatic N) is 6. The number of H-pyrrole nitrogens is 1. The number of aromatic amines is 1. The molecule has 0 spiro atoms. The molecule has 0 radical (unpaired) electrons. The minimum Gasteiger partial charge on any atom is -0.384 e. The molecule has 4 rings (SSSR count). The molecule has 0 aliphatic rings. The van der Waals surface area contributed by atoms with Crippen molar-refractivity contribution >= 4 is 39.6 Å². The van der Waals surface area contributed by atoms with Gasteiger partial charge in [0.05, 0.1) is 11.6 Å². The highest BCUT2D eigenvalue weighted by molar-refractivity contribution is 6.34. The van der Waals surface area contributed by atoms with E-state index in [1.54, 1.807) is 16.9 Å². The van der Waals surface area contributed by atoms with Crippen molar-refractivity contribution < 1.29 is 0 Å². The Bertz CT molecular complexity index is 956. The second kappa shape index (κ2) is 4.38. The van der Waals surface area contributed by atoms with E-state index in [-0.39, 0.29) is 0 Å². The molecule has 3 aromatic heterocycles. The van der Waals surface area contributed by atoms with Crippen LogP contribution in [-0.2, 0) is 6.54 Å². The maximum atomic E-state index is 6.10. The Labute approximate surface area is 122 Å². The lowest BCUT2D eigenvalue weighted by atomic mass is 10.2. The van der Waals surface area contributed by atoms with Crippen LogP contribution in [0.4, 0.5) is 5.82 Å². The van der Waals surface area contributed by atoms with Crippen LogP contribution in [0.3, 0.4) is 0 Å². The molecule has 0 fully saturated rings. The van der Waals surface area contributed by atoms with Gasteiger partial charge in [-0.2, -0.15) is 15.0 Å². The number of nitrogens with two attached hydrogens (primary N) is 1. The van der Waals surface area contributed by atoms with Crippen LogP contribution in [0.2, 0.25) is 5.02 Å². The number of rotatable bonds is 2. The fourth-order valence-electron chi connectivity index (χ4n) is 2.21. The van der Waals surface area contributed by atoms with Gasteiger partial charge in [-0.1, -0.05) is 22.9 Å². The lowest BCUT2D eigenvalue weighted by Crippen LogP contribution is -2.05. The Morgan fingerprint density at radius 3 is 3.00 bits per heavy atom. The SMILES string of the molecule is Nc1cc(Cn2nc3cccc(Cl)c3n2)c2nn[nH]c2n1. The van der Waals surface area contributed by atoms with E-state index in [4.69, 9.17) is 17.3 Å². The minimum atomic E-state index is 0.387. The van der Waals surface area contributed by atoms with E-state index in [0.29, 0.717) is 34.1 Å². The average molecular weight is 301 g/mol. The van der Waals surface area contributed by atoms with Gasteiger partial charge in [0.15, 0.2) is 5.65 Å². The third kappa shape index (κ3) is 1.96. The van der Waals surface area contributed by atoms with Gasteiger partial charge >= 0.3 is 0 Å². The zero-order valence-electron chi connectivity index (χ0n) is 10.7. The Balaban J connectivity index is 1.82. The van der Waals surface area contributed by atoms with E-state index in [2.05, 4.69) is 30.6 Å². The molecular formula is C12H9ClN8. The fourth-order valence-corrected chi connectivity index (χ4v) is 2.42. The zero-order chi connectivity index (χ0) is 14.4. The highest BCUT2D eigenvalue weighted by atomic mass is 35.5. The molecule has 9 heteroatoms. The number of halogens is 1. The van der Waals surface area contributed by atoms with Crippen molar-refractivity contribution in [2.75, 3.05) is 5.73 Å². The summed E-state index contributed by atoms with van der Waals surface area (Å²) in [4.78, 5) is 5.68. The number of hydrogen-bond acceptors (Lipinski definition) is 6. The molecule has 4 aromatic rings. The molecule has 0 atom stereocenters. The van der Waals surface area contributed by atoms with Gasteiger partial charge in [-0.15, -0.1) is 5.10 Å². The van der Waals surface area contributed by atoms with Gasteiger partial charge in [0.2, 0.25) is 0 Å². The Hall–Kier alpha value is -2.74. The number of benzene rings is 1. The van der Waals surface area contributed by atoms with Crippen molar-refractivity contribution in [2.24, 2.45) is 0 Å². The van der Waals surface area contributed by atoms with Gasteiger partial charge in [0.25, 0.3) is 0 Å². The zero-order valence-corrected chi connectivity index (χ0v) is 11.4. The molecular weight excluding hydrogens is 292 g/mol. The van der Waals surface area contributed by atoms with Gasteiger partial charge in [0, 0.05) is 5.56 Å². The quantitative estimate of drug-likeness (QED) is 0.578. The number of anilines is 1. The molecule has 0 aliphatic heterocycles. The number of pyridine rings is 1. The molecule has 104 valence electrons. The van der Waals surface area contributed by atoms with E-state index < -0.39 is 0 Å². The summed E-state index contributed by atoms with van der Waals surface area (Å²) < 4.78 is 0. The number of hydrogen-bond donors (Lipinski definition) is 2. The van der Waals surface area contributed by atoms with Crippen molar-refractivity contribution in [1.29, 1.82) is 0 Å². The van der Waals surface area contributed by atoms with E-state index in [1.807, 2.05) is 12.1 Å². The second-order valence-corrected chi connectivity index (χ2v) is 4.96. The highest BCUT2D eigenvalue weighted by Gasteiger charge is 2.11. The largest absolute Gasteiger partial charge is 0.384 e. The third-order valence-electron chi connectivity index (χ3n) is 3.11. The van der Waals surface area contributed by atoms with Gasteiger partial charge < -0.3 is 5.73 Å². The second-order valence-electron chi connectivity index (χ2n) is 4.55. The maximum Gasteiger partial charge on any atom is 0.178 e. The van der Waals surface area contributed by atoms with Crippen molar-refractivity contribution in [3.05, 3.63) is 34.9 Å².